The van der Waals surface area contributed by atoms with Crippen molar-refractivity contribution in [2.75, 3.05) is 19.6 Å². The second kappa shape index (κ2) is 8.11. The summed E-state index contributed by atoms with van der Waals surface area (Å²) in [6.07, 6.45) is 2.45. The fourth-order valence-electron chi connectivity index (χ4n) is 5.31. The normalized spacial score (nSPS) is 26.5. The quantitative estimate of drug-likeness (QED) is 0.610. The molecule has 2 atom stereocenters. The van der Waals surface area contributed by atoms with E-state index in [1.807, 2.05) is 13.8 Å². The zero-order valence-electron chi connectivity index (χ0n) is 19.6. The number of nitrogens with zero attached hydrogens (tertiary/aromatic N) is 2. The van der Waals surface area contributed by atoms with Gasteiger partial charge in [0.2, 0.25) is 11.8 Å². The molecule has 3 heterocycles. The number of hydrogen-bond donors (Lipinski definition) is 3. The number of halogens is 1. The molecule has 2 aliphatic rings. The van der Waals surface area contributed by atoms with Crippen LogP contribution in [0.1, 0.15) is 64.0 Å². The zero-order chi connectivity index (χ0) is 24.2. The van der Waals surface area contributed by atoms with Crippen LogP contribution in [-0.2, 0) is 15.2 Å². The predicted molar refractivity (Wildman–Crippen MR) is 122 cm³/mol. The molecule has 1 aromatic heterocycles. The summed E-state index contributed by atoms with van der Waals surface area (Å²) in [5.41, 5.74) is -1.75. The number of carbonyl (C=O) groups excluding carboxylic acids is 2. The van der Waals surface area contributed by atoms with Crippen molar-refractivity contribution in [3.63, 3.8) is 0 Å². The molecule has 1 aromatic carbocycles. The van der Waals surface area contributed by atoms with Gasteiger partial charge in [-0.25, -0.2) is 4.39 Å². The molecule has 7 nitrogen and oxygen atoms in total. The van der Waals surface area contributed by atoms with Crippen LogP contribution in [0.15, 0.2) is 24.4 Å². The third-order valence-electron chi connectivity index (χ3n) is 7.05. The van der Waals surface area contributed by atoms with Gasteiger partial charge in [0.1, 0.15) is 5.82 Å². The van der Waals surface area contributed by atoms with Gasteiger partial charge in [-0.2, -0.15) is 0 Å². The Morgan fingerprint density at radius 1 is 1.30 bits per heavy atom. The number of hydrogen-bond acceptors (Lipinski definition) is 6. The third kappa shape index (κ3) is 4.39. The van der Waals surface area contributed by atoms with E-state index in [1.165, 1.54) is 0 Å². The van der Waals surface area contributed by atoms with Gasteiger partial charge in [0.25, 0.3) is 0 Å². The van der Waals surface area contributed by atoms with E-state index in [0.717, 1.165) is 0 Å². The molecule has 0 spiro atoms. The highest BCUT2D eigenvalue weighted by Gasteiger charge is 2.50. The molecule has 2 unspecified atom stereocenters. The van der Waals surface area contributed by atoms with Gasteiger partial charge in [-0.1, -0.05) is 19.9 Å². The summed E-state index contributed by atoms with van der Waals surface area (Å²) < 4.78 is 15.9. The van der Waals surface area contributed by atoms with Crippen LogP contribution in [0.2, 0.25) is 0 Å². The Bertz CT molecular complexity index is 1110. The van der Waals surface area contributed by atoms with Crippen molar-refractivity contribution in [3.8, 4) is 0 Å². The van der Waals surface area contributed by atoms with Crippen molar-refractivity contribution in [3.05, 3.63) is 41.3 Å². The lowest BCUT2D eigenvalue weighted by molar-refractivity contribution is -0.135. The molecule has 33 heavy (non-hydrogen) atoms. The minimum Gasteiger partial charge on any atom is -0.389 e. The first kappa shape index (κ1) is 23.7. The van der Waals surface area contributed by atoms with Crippen LogP contribution in [0, 0.1) is 11.2 Å². The first-order valence-corrected chi connectivity index (χ1v) is 11.4. The van der Waals surface area contributed by atoms with Gasteiger partial charge in [0, 0.05) is 48.6 Å². The smallest absolute Gasteiger partial charge is 0.234 e. The summed E-state index contributed by atoms with van der Waals surface area (Å²) in [4.78, 5) is 30.2. The van der Waals surface area contributed by atoms with Crippen molar-refractivity contribution < 1.29 is 24.2 Å². The maximum atomic E-state index is 15.9. The van der Waals surface area contributed by atoms with Crippen LogP contribution in [-0.4, -0.2) is 57.1 Å². The Balaban J connectivity index is 1.70. The fraction of sp³-hybridized carbons (Fsp3) is 0.560. The molecule has 0 aliphatic carbocycles. The maximum absolute atomic E-state index is 15.9. The molecule has 2 amide bonds. The third-order valence-corrected chi connectivity index (χ3v) is 7.05. The lowest BCUT2D eigenvalue weighted by atomic mass is 9.66. The monoisotopic (exact) mass is 457 g/mol. The van der Waals surface area contributed by atoms with Crippen molar-refractivity contribution in [2.24, 2.45) is 5.41 Å². The number of β-amino-alcohol motifs (C(OH)–C–C–N with tert-alkyl or cyclic N) is 1. The van der Waals surface area contributed by atoms with Gasteiger partial charge >= 0.3 is 0 Å². The van der Waals surface area contributed by atoms with Gasteiger partial charge in [-0.15, -0.1) is 0 Å². The minimum atomic E-state index is -1.41. The minimum absolute atomic E-state index is 0.213. The number of piperidine rings is 2. The summed E-state index contributed by atoms with van der Waals surface area (Å²) in [5, 5.41) is 24.5. The van der Waals surface area contributed by atoms with Crippen LogP contribution < -0.4 is 5.32 Å². The highest BCUT2D eigenvalue weighted by atomic mass is 19.1. The van der Waals surface area contributed by atoms with Crippen LogP contribution in [0.4, 0.5) is 4.39 Å². The number of amides is 2. The lowest BCUT2D eigenvalue weighted by Gasteiger charge is -2.51. The van der Waals surface area contributed by atoms with Gasteiger partial charge < -0.3 is 10.2 Å². The van der Waals surface area contributed by atoms with Gasteiger partial charge in [-0.3, -0.25) is 24.8 Å². The van der Waals surface area contributed by atoms with Crippen LogP contribution in [0.3, 0.4) is 0 Å². The van der Waals surface area contributed by atoms with E-state index in [9.17, 15) is 19.8 Å². The van der Waals surface area contributed by atoms with E-state index in [1.54, 1.807) is 38.2 Å². The lowest BCUT2D eigenvalue weighted by Crippen LogP contribution is -2.57. The molecule has 0 saturated carbocycles. The number of likely N-dealkylation sites (tertiary alicyclic amines) is 1. The summed E-state index contributed by atoms with van der Waals surface area (Å²) >= 11 is 0. The van der Waals surface area contributed by atoms with Crippen LogP contribution in [0.5, 0.6) is 0 Å². The standard InChI is InChI=1S/C25H32FN3O4/c1-23(2)13-29(14-24(3,4)32)10-9-25(23,33)18-6-7-19-17(21(18)26)11-15(12-27-19)16-5-8-20(30)28-22(16)31/h6-7,11-12,16,32-33H,5,8-10,13-14H2,1-4H3,(H,28,30,31). The largest absolute Gasteiger partial charge is 0.389 e. The predicted octanol–water partition coefficient (Wildman–Crippen LogP) is 2.58. The molecule has 0 bridgehead atoms. The highest BCUT2D eigenvalue weighted by molar-refractivity contribution is 6.01. The summed E-state index contributed by atoms with van der Waals surface area (Å²) in [6, 6.07) is 4.91. The van der Waals surface area contributed by atoms with Crippen molar-refractivity contribution in [1.29, 1.82) is 0 Å². The second-order valence-corrected chi connectivity index (χ2v) is 10.8. The second-order valence-electron chi connectivity index (χ2n) is 10.8. The zero-order valence-corrected chi connectivity index (χ0v) is 19.6. The van der Waals surface area contributed by atoms with Gasteiger partial charge in [-0.05, 0) is 44.4 Å². The van der Waals surface area contributed by atoms with E-state index < -0.39 is 34.3 Å². The van der Waals surface area contributed by atoms with Crippen LogP contribution >= 0.6 is 0 Å². The number of aromatic nitrogens is 1. The van der Waals surface area contributed by atoms with E-state index in [2.05, 4.69) is 15.2 Å². The first-order valence-electron chi connectivity index (χ1n) is 11.4. The van der Waals surface area contributed by atoms with E-state index in [4.69, 9.17) is 0 Å². The highest BCUT2D eigenvalue weighted by Crippen LogP contribution is 2.47. The molecule has 3 N–H and O–H groups in total. The molecule has 0 radical (unpaired) electrons. The van der Waals surface area contributed by atoms with Crippen molar-refractivity contribution in [1.82, 2.24) is 15.2 Å². The number of rotatable bonds is 4. The maximum Gasteiger partial charge on any atom is 0.234 e. The van der Waals surface area contributed by atoms with E-state index in [0.29, 0.717) is 43.6 Å². The summed E-state index contributed by atoms with van der Waals surface area (Å²) in [7, 11) is 0. The molecule has 2 aromatic rings. The average Bonchev–Trinajstić information content (AvgIpc) is 2.70. The molecular formula is C25H32FN3O4. The number of imide groups is 1. The number of fused-ring (bicyclic) bond motifs is 1. The van der Waals surface area contributed by atoms with Crippen molar-refractivity contribution >= 4 is 22.7 Å². The molecule has 2 aliphatic heterocycles. The molecule has 178 valence electrons. The number of carbonyl (C=O) groups is 2. The Morgan fingerprint density at radius 3 is 2.67 bits per heavy atom. The Labute approximate surface area is 193 Å². The molecule has 8 heteroatoms. The van der Waals surface area contributed by atoms with E-state index >= 15 is 4.39 Å². The topological polar surface area (TPSA) is 103 Å². The summed E-state index contributed by atoms with van der Waals surface area (Å²) in [5.74, 6) is -1.81. The average molecular weight is 458 g/mol. The Morgan fingerprint density at radius 2 is 2.03 bits per heavy atom. The SMILES string of the molecule is CC(C)(O)CN1CCC(O)(c2ccc3ncc(C4CCC(=O)NC4=O)cc3c2F)C(C)(C)C1. The first-order chi connectivity index (χ1) is 15.3. The number of pyridine rings is 1. The van der Waals surface area contributed by atoms with Crippen LogP contribution in [0.25, 0.3) is 10.9 Å². The molecule has 4 rings (SSSR count). The number of nitrogens with one attached hydrogen (secondary N) is 1. The van der Waals surface area contributed by atoms with Crippen molar-refractivity contribution in [2.45, 2.75) is 64.1 Å². The Hall–Kier alpha value is -2.42. The summed E-state index contributed by atoms with van der Waals surface area (Å²) in [6.45, 7) is 8.80. The molecular weight excluding hydrogens is 425 g/mol. The number of benzene rings is 1. The van der Waals surface area contributed by atoms with Gasteiger partial charge in [0.05, 0.1) is 22.6 Å². The van der Waals surface area contributed by atoms with Gasteiger partial charge in [0.15, 0.2) is 0 Å². The molecule has 2 fully saturated rings. The fourth-order valence-corrected chi connectivity index (χ4v) is 5.31. The molecule has 2 saturated heterocycles. The Kier molecular flexibility index (Phi) is 5.83. The van der Waals surface area contributed by atoms with E-state index in [-0.39, 0.29) is 23.3 Å². The number of aliphatic hydroxyl groups is 2.